The second-order valence-electron chi connectivity index (χ2n) is 12.5. The molecule has 9 nitrogen and oxygen atoms in total. The van der Waals surface area contributed by atoms with Crippen LogP contribution in [0.5, 0.6) is 0 Å². The summed E-state index contributed by atoms with van der Waals surface area (Å²) in [5, 5.41) is 5.76. The molecule has 9 heteroatoms. The Labute approximate surface area is 250 Å². The number of ether oxygens (including phenoxy) is 1. The molecule has 0 bridgehead atoms. The van der Waals surface area contributed by atoms with Gasteiger partial charge in [0.1, 0.15) is 17.7 Å². The smallest absolute Gasteiger partial charge is 0.408 e. The van der Waals surface area contributed by atoms with E-state index in [-0.39, 0.29) is 18.7 Å². The monoisotopic (exact) mass is 580 g/mol. The molecule has 2 atom stereocenters. The Kier molecular flexibility index (Phi) is 11.3. The molecule has 0 radical (unpaired) electrons. The van der Waals surface area contributed by atoms with Gasteiger partial charge in [-0.2, -0.15) is 0 Å². The normalized spacial score (nSPS) is 13.1. The van der Waals surface area contributed by atoms with Crippen LogP contribution in [-0.4, -0.2) is 45.9 Å². The minimum atomic E-state index is -1.17. The summed E-state index contributed by atoms with van der Waals surface area (Å²) in [4.78, 5) is 55.2. The summed E-state index contributed by atoms with van der Waals surface area (Å²) >= 11 is 0. The second-order valence-corrected chi connectivity index (χ2v) is 12.5. The third-order valence-corrected chi connectivity index (χ3v) is 7.47. The van der Waals surface area contributed by atoms with Gasteiger partial charge in [-0.3, -0.25) is 14.4 Å². The number of aryl methyl sites for hydroxylation is 4. The van der Waals surface area contributed by atoms with Gasteiger partial charge in [0.05, 0.1) is 0 Å². The highest BCUT2D eigenvalue weighted by molar-refractivity contribution is 6.00. The van der Waals surface area contributed by atoms with Gasteiger partial charge in [-0.05, 0) is 103 Å². The summed E-state index contributed by atoms with van der Waals surface area (Å²) in [5.41, 5.74) is 8.64. The van der Waals surface area contributed by atoms with Gasteiger partial charge >= 0.3 is 6.09 Å². The molecular weight excluding hydrogens is 532 g/mol. The summed E-state index contributed by atoms with van der Waals surface area (Å²) in [5.74, 6) is -1.51. The van der Waals surface area contributed by atoms with Crippen LogP contribution < -0.4 is 16.4 Å². The Morgan fingerprint density at radius 2 is 1.38 bits per heavy atom. The fourth-order valence-corrected chi connectivity index (χ4v) is 4.95. The molecule has 0 aliphatic rings. The van der Waals surface area contributed by atoms with E-state index in [2.05, 4.69) is 10.6 Å². The molecule has 0 fully saturated rings. The lowest BCUT2D eigenvalue weighted by atomic mass is 9.88. The van der Waals surface area contributed by atoms with E-state index in [1.54, 1.807) is 25.7 Å². The fourth-order valence-electron chi connectivity index (χ4n) is 4.95. The number of nitrogens with zero attached hydrogens (tertiary/aromatic N) is 1. The first kappa shape index (κ1) is 34.3. The Hall–Kier alpha value is -3.88. The van der Waals surface area contributed by atoms with E-state index in [1.807, 2.05) is 84.9 Å². The van der Waals surface area contributed by atoms with Gasteiger partial charge in [-0.15, -0.1) is 0 Å². The van der Waals surface area contributed by atoms with Gasteiger partial charge in [0.2, 0.25) is 11.8 Å². The maximum Gasteiger partial charge on any atom is 0.408 e. The van der Waals surface area contributed by atoms with Crippen molar-refractivity contribution in [1.29, 1.82) is 0 Å². The van der Waals surface area contributed by atoms with Crippen LogP contribution >= 0.6 is 0 Å². The molecule has 2 aromatic carbocycles. The van der Waals surface area contributed by atoms with Gasteiger partial charge < -0.3 is 26.0 Å². The van der Waals surface area contributed by atoms with E-state index < -0.39 is 41.1 Å². The molecule has 42 heavy (non-hydrogen) atoms. The average molecular weight is 581 g/mol. The molecule has 0 aliphatic heterocycles. The zero-order valence-electron chi connectivity index (χ0n) is 26.8. The first-order valence-corrected chi connectivity index (χ1v) is 14.4. The summed E-state index contributed by atoms with van der Waals surface area (Å²) in [6.07, 6.45) is -0.494. The summed E-state index contributed by atoms with van der Waals surface area (Å²) < 4.78 is 5.44. The topological polar surface area (TPSA) is 131 Å². The van der Waals surface area contributed by atoms with Crippen molar-refractivity contribution in [3.05, 3.63) is 64.2 Å². The Morgan fingerprint density at radius 1 is 0.881 bits per heavy atom. The van der Waals surface area contributed by atoms with Crippen molar-refractivity contribution >= 4 is 29.5 Å². The van der Waals surface area contributed by atoms with Crippen molar-refractivity contribution in [3.8, 4) is 0 Å². The number of primary amides is 1. The molecule has 2 unspecified atom stereocenters. The van der Waals surface area contributed by atoms with Crippen LogP contribution in [0.2, 0.25) is 0 Å². The fraction of sp³-hybridized carbons (Fsp3) is 0.515. The van der Waals surface area contributed by atoms with Crippen LogP contribution in [0.3, 0.4) is 0 Å². The zero-order chi connectivity index (χ0) is 32.0. The summed E-state index contributed by atoms with van der Waals surface area (Å²) in [7, 11) is 0. The van der Waals surface area contributed by atoms with E-state index in [0.29, 0.717) is 17.7 Å². The number of anilines is 1. The standard InChI is InChI=1S/C33H48N4O5/c1-11-33(9,10)37(30(40)24(18-19-25(34)38)35-31(41)42-32(6,7)8)28(26-20(2)14-12-15-21(26)3)29(39)36-27-22(4)16-13-17-23(27)5/h12-17,24,28H,11,18-19H2,1-10H3,(H2,34,38)(H,35,41)(H,36,39). The molecule has 2 rings (SSSR count). The van der Waals surface area contributed by atoms with Crippen LogP contribution in [-0.2, 0) is 19.1 Å². The highest BCUT2D eigenvalue weighted by Crippen LogP contribution is 2.36. The number of nitrogens with two attached hydrogens (primary N) is 1. The van der Waals surface area contributed by atoms with Crippen molar-refractivity contribution < 1.29 is 23.9 Å². The lowest BCUT2D eigenvalue weighted by Gasteiger charge is -2.45. The van der Waals surface area contributed by atoms with Gasteiger partial charge in [-0.1, -0.05) is 43.3 Å². The first-order valence-electron chi connectivity index (χ1n) is 14.4. The second kappa shape index (κ2) is 13.9. The van der Waals surface area contributed by atoms with E-state index in [1.165, 1.54) is 0 Å². The maximum atomic E-state index is 14.6. The number of alkyl carbamates (subject to hydrolysis) is 1. The molecule has 4 N–H and O–H groups in total. The number of carbonyl (C=O) groups excluding carboxylic acids is 4. The predicted octanol–water partition coefficient (Wildman–Crippen LogP) is 5.78. The number of hydrogen-bond acceptors (Lipinski definition) is 5. The molecule has 2 aromatic rings. The highest BCUT2D eigenvalue weighted by Gasteiger charge is 2.44. The van der Waals surface area contributed by atoms with Gasteiger partial charge in [0.15, 0.2) is 0 Å². The van der Waals surface area contributed by atoms with Crippen molar-refractivity contribution in [3.63, 3.8) is 0 Å². The number of benzene rings is 2. The molecular formula is C33H48N4O5. The molecule has 0 saturated carbocycles. The minimum absolute atomic E-state index is 0.0539. The van der Waals surface area contributed by atoms with E-state index in [0.717, 1.165) is 22.3 Å². The zero-order valence-corrected chi connectivity index (χ0v) is 26.8. The summed E-state index contributed by atoms with van der Waals surface area (Å²) in [6.45, 7) is 18.5. The van der Waals surface area contributed by atoms with Gasteiger partial charge in [-0.25, -0.2) is 4.79 Å². The van der Waals surface area contributed by atoms with Crippen LogP contribution in [0.15, 0.2) is 36.4 Å². The van der Waals surface area contributed by atoms with Crippen molar-refractivity contribution in [2.75, 3.05) is 5.32 Å². The van der Waals surface area contributed by atoms with E-state index in [9.17, 15) is 19.2 Å². The van der Waals surface area contributed by atoms with Crippen molar-refractivity contribution in [2.45, 2.75) is 112 Å². The maximum absolute atomic E-state index is 14.6. The predicted molar refractivity (Wildman–Crippen MR) is 166 cm³/mol. The molecule has 0 saturated heterocycles. The number of amides is 4. The average Bonchev–Trinajstić information content (AvgIpc) is 2.86. The number of hydrogen-bond donors (Lipinski definition) is 3. The van der Waals surface area contributed by atoms with E-state index >= 15 is 0 Å². The number of nitrogens with one attached hydrogen (secondary N) is 2. The Bertz CT molecular complexity index is 1270. The van der Waals surface area contributed by atoms with Gasteiger partial charge in [0, 0.05) is 17.6 Å². The SMILES string of the molecule is CCC(C)(C)N(C(=O)C(CCC(N)=O)NC(=O)OC(C)(C)C)C(C(=O)Nc1c(C)cccc1C)c1c(C)cccc1C. The third kappa shape index (κ3) is 8.81. The molecule has 0 aliphatic carbocycles. The Morgan fingerprint density at radius 3 is 1.83 bits per heavy atom. The molecule has 230 valence electrons. The number of para-hydroxylation sites is 1. The molecule has 0 heterocycles. The highest BCUT2D eigenvalue weighted by atomic mass is 16.6. The quantitative estimate of drug-likeness (QED) is 0.310. The lowest BCUT2D eigenvalue weighted by Crippen LogP contribution is -2.59. The molecule has 4 amide bonds. The van der Waals surface area contributed by atoms with Gasteiger partial charge in [0.25, 0.3) is 5.91 Å². The molecule has 0 spiro atoms. The van der Waals surface area contributed by atoms with Crippen LogP contribution in [0.25, 0.3) is 0 Å². The Balaban J connectivity index is 2.76. The number of rotatable bonds is 11. The number of carbonyl (C=O) groups is 4. The van der Waals surface area contributed by atoms with Crippen LogP contribution in [0, 0.1) is 27.7 Å². The first-order chi connectivity index (χ1) is 19.4. The van der Waals surface area contributed by atoms with Crippen LogP contribution in [0.1, 0.15) is 94.7 Å². The van der Waals surface area contributed by atoms with E-state index in [4.69, 9.17) is 10.5 Å². The minimum Gasteiger partial charge on any atom is -0.444 e. The molecule has 0 aromatic heterocycles. The lowest BCUT2D eigenvalue weighted by molar-refractivity contribution is -0.148. The largest absolute Gasteiger partial charge is 0.444 e. The van der Waals surface area contributed by atoms with Crippen molar-refractivity contribution in [1.82, 2.24) is 10.2 Å². The van der Waals surface area contributed by atoms with Crippen molar-refractivity contribution in [2.24, 2.45) is 5.73 Å². The third-order valence-electron chi connectivity index (χ3n) is 7.47. The summed E-state index contributed by atoms with van der Waals surface area (Å²) in [6, 6.07) is 9.26. The van der Waals surface area contributed by atoms with Crippen LogP contribution in [0.4, 0.5) is 10.5 Å².